The minimum absolute atomic E-state index is 0.182. The molecule has 3 aromatic rings. The van der Waals surface area contributed by atoms with E-state index in [-0.39, 0.29) is 29.2 Å². The van der Waals surface area contributed by atoms with E-state index < -0.39 is 0 Å². The summed E-state index contributed by atoms with van der Waals surface area (Å²) in [6, 6.07) is 15.2. The summed E-state index contributed by atoms with van der Waals surface area (Å²) in [5, 5.41) is 0.459. The van der Waals surface area contributed by atoms with Crippen LogP contribution in [0.25, 0.3) is 0 Å². The molecule has 0 heterocycles. The van der Waals surface area contributed by atoms with Gasteiger partial charge in [-0.15, -0.1) is 0 Å². The number of isocyanates is 4. The first kappa shape index (κ1) is 23.1. The maximum Gasteiger partial charge on any atom is 0.240 e. The van der Waals surface area contributed by atoms with Crippen LogP contribution in [0.4, 0.5) is 22.7 Å². The van der Waals surface area contributed by atoms with E-state index in [9.17, 15) is 19.2 Å². The largest absolute Gasteiger partial charge is 0.240 e. The van der Waals surface area contributed by atoms with E-state index in [1.807, 2.05) is 6.07 Å². The van der Waals surface area contributed by atoms with Crippen LogP contribution >= 0.6 is 11.6 Å². The molecule has 0 atom stereocenters. The van der Waals surface area contributed by atoms with Gasteiger partial charge in [0.05, 0.1) is 0 Å². The normalized spacial score (nSPS) is 9.61. The average Bonchev–Trinajstić information content (AvgIpc) is 2.80. The van der Waals surface area contributed by atoms with Crippen LogP contribution in [0.15, 0.2) is 74.6 Å². The second-order valence-corrected chi connectivity index (χ2v) is 7.02. The first-order chi connectivity index (χ1) is 16.1. The van der Waals surface area contributed by atoms with Crippen molar-refractivity contribution in [2.45, 2.75) is 12.8 Å². The summed E-state index contributed by atoms with van der Waals surface area (Å²) in [5.74, 6) is 0. The summed E-state index contributed by atoms with van der Waals surface area (Å²) in [5.41, 5.74) is 3.49. The Bertz CT molecular complexity index is 1410. The van der Waals surface area contributed by atoms with Crippen molar-refractivity contribution >= 4 is 58.7 Å². The van der Waals surface area contributed by atoms with Gasteiger partial charge in [0.15, 0.2) is 0 Å². The van der Waals surface area contributed by atoms with Crippen LogP contribution in [0.5, 0.6) is 0 Å². The maximum absolute atomic E-state index is 11.0. The van der Waals surface area contributed by atoms with Gasteiger partial charge in [-0.2, -0.15) is 20.0 Å². The fourth-order valence-electron chi connectivity index (χ4n) is 3.43. The van der Waals surface area contributed by atoms with Crippen molar-refractivity contribution in [3.63, 3.8) is 0 Å². The van der Waals surface area contributed by atoms with Gasteiger partial charge in [-0.25, -0.2) is 19.2 Å². The van der Waals surface area contributed by atoms with Crippen molar-refractivity contribution in [1.29, 1.82) is 0 Å². The molecule has 0 saturated heterocycles. The highest BCUT2D eigenvalue weighted by molar-refractivity contribution is 6.31. The molecule has 3 rings (SSSR count). The molecule has 33 heavy (non-hydrogen) atoms. The Morgan fingerprint density at radius 1 is 0.576 bits per heavy atom. The first-order valence-electron chi connectivity index (χ1n) is 9.44. The Labute approximate surface area is 192 Å². The van der Waals surface area contributed by atoms with Gasteiger partial charge in [0.2, 0.25) is 24.3 Å². The zero-order chi connectivity index (χ0) is 23.6. The highest BCUT2D eigenvalue weighted by Gasteiger charge is 2.16. The zero-order valence-electron chi connectivity index (χ0n) is 16.9. The molecule has 0 spiro atoms. The van der Waals surface area contributed by atoms with Gasteiger partial charge in [0.25, 0.3) is 0 Å². The van der Waals surface area contributed by atoms with Crippen molar-refractivity contribution < 1.29 is 19.2 Å². The zero-order valence-corrected chi connectivity index (χ0v) is 17.7. The highest BCUT2D eigenvalue weighted by Crippen LogP contribution is 2.37. The highest BCUT2D eigenvalue weighted by atomic mass is 35.5. The van der Waals surface area contributed by atoms with Gasteiger partial charge in [0.1, 0.15) is 22.7 Å². The van der Waals surface area contributed by atoms with Crippen molar-refractivity contribution in [3.8, 4) is 0 Å². The number of hydrogen-bond donors (Lipinski definition) is 0. The number of para-hydroxylation sites is 2. The fourth-order valence-corrected chi connectivity index (χ4v) is 3.69. The Hall–Kier alpha value is -4.53. The van der Waals surface area contributed by atoms with Crippen molar-refractivity contribution in [2.75, 3.05) is 0 Å². The molecular weight excluding hydrogens is 444 g/mol. The first-order valence-corrected chi connectivity index (χ1v) is 9.82. The Balaban J connectivity index is 2.12. The lowest BCUT2D eigenvalue weighted by molar-refractivity contribution is 0.564. The second kappa shape index (κ2) is 11.2. The Kier molecular flexibility index (Phi) is 7.85. The van der Waals surface area contributed by atoms with Crippen LogP contribution in [-0.4, -0.2) is 24.3 Å². The van der Waals surface area contributed by atoms with Crippen LogP contribution < -0.4 is 0 Å². The average molecular weight is 457 g/mol. The van der Waals surface area contributed by atoms with Gasteiger partial charge < -0.3 is 0 Å². The van der Waals surface area contributed by atoms with Crippen LogP contribution in [0.1, 0.15) is 22.3 Å². The van der Waals surface area contributed by atoms with E-state index in [1.54, 1.807) is 36.4 Å². The molecular formula is C24H13ClN4O4. The number of carbonyl (C=O) groups excluding carboxylic acids is 4. The summed E-state index contributed by atoms with van der Waals surface area (Å²) < 4.78 is 0. The van der Waals surface area contributed by atoms with Crippen molar-refractivity contribution in [1.82, 2.24) is 0 Å². The molecule has 3 aromatic carbocycles. The standard InChI is InChI=1S/C24H13ClN4O4/c25-20-7-1-4-16(10-17-5-2-8-21(26-12-30)23(17)28-14-32)19(20)11-18-6-3-9-22(27-13-31)24(18)29-15-33/h1-9H,10-11H2. The predicted molar refractivity (Wildman–Crippen MR) is 121 cm³/mol. The predicted octanol–water partition coefficient (Wildman–Crippen LogP) is 5.39. The molecule has 0 aliphatic heterocycles. The molecule has 9 heteroatoms. The van der Waals surface area contributed by atoms with E-state index in [0.29, 0.717) is 22.6 Å². The number of benzene rings is 3. The summed E-state index contributed by atoms with van der Waals surface area (Å²) in [4.78, 5) is 58.0. The van der Waals surface area contributed by atoms with Gasteiger partial charge >= 0.3 is 0 Å². The molecule has 160 valence electrons. The molecule has 0 aliphatic rings. The van der Waals surface area contributed by atoms with Crippen molar-refractivity contribution in [3.05, 3.63) is 81.9 Å². The third-order valence-electron chi connectivity index (χ3n) is 4.81. The van der Waals surface area contributed by atoms with Gasteiger partial charge in [-0.3, -0.25) is 0 Å². The minimum Gasteiger partial charge on any atom is -0.211 e. The lowest BCUT2D eigenvalue weighted by atomic mass is 9.93. The Morgan fingerprint density at radius 3 is 1.55 bits per heavy atom. The maximum atomic E-state index is 11.0. The number of nitrogens with zero attached hydrogens (tertiary/aromatic N) is 4. The summed E-state index contributed by atoms with van der Waals surface area (Å²) in [6.45, 7) is 0. The van der Waals surface area contributed by atoms with E-state index in [0.717, 1.165) is 11.1 Å². The summed E-state index contributed by atoms with van der Waals surface area (Å²) in [7, 11) is 0. The third-order valence-corrected chi connectivity index (χ3v) is 5.16. The molecule has 0 fully saturated rings. The molecule has 0 unspecified atom stereocenters. The summed E-state index contributed by atoms with van der Waals surface area (Å²) in [6.07, 6.45) is 6.42. The quantitative estimate of drug-likeness (QED) is 0.333. The van der Waals surface area contributed by atoms with Gasteiger partial charge in [0, 0.05) is 17.9 Å². The number of aliphatic imine (C=N–C) groups is 4. The number of hydrogen-bond acceptors (Lipinski definition) is 8. The van der Waals surface area contributed by atoms with E-state index in [2.05, 4.69) is 20.0 Å². The number of halogens is 1. The van der Waals surface area contributed by atoms with Crippen LogP contribution in [0.3, 0.4) is 0 Å². The SMILES string of the molecule is O=C=Nc1cccc(Cc2cccc(Cl)c2Cc2cccc(N=C=O)c2N=C=O)c1N=C=O. The molecule has 0 aromatic heterocycles. The molecule has 0 radical (unpaired) electrons. The fraction of sp³-hybridized carbons (Fsp3) is 0.0833. The van der Waals surface area contributed by atoms with Gasteiger partial charge in [-0.1, -0.05) is 48.0 Å². The van der Waals surface area contributed by atoms with Crippen LogP contribution in [0.2, 0.25) is 5.02 Å². The molecule has 0 bridgehead atoms. The second-order valence-electron chi connectivity index (χ2n) is 6.61. The van der Waals surface area contributed by atoms with Crippen molar-refractivity contribution in [2.24, 2.45) is 20.0 Å². The van der Waals surface area contributed by atoms with E-state index in [4.69, 9.17) is 11.6 Å². The summed E-state index contributed by atoms with van der Waals surface area (Å²) >= 11 is 6.51. The smallest absolute Gasteiger partial charge is 0.211 e. The Morgan fingerprint density at radius 2 is 1.03 bits per heavy atom. The molecule has 0 N–H and O–H groups in total. The monoisotopic (exact) mass is 456 g/mol. The van der Waals surface area contributed by atoms with Crippen LogP contribution in [0, 0.1) is 0 Å². The third kappa shape index (κ3) is 5.40. The lowest BCUT2D eigenvalue weighted by Crippen LogP contribution is -1.99. The molecule has 8 nitrogen and oxygen atoms in total. The van der Waals surface area contributed by atoms with Crippen LogP contribution in [-0.2, 0) is 32.0 Å². The number of rotatable bonds is 8. The minimum atomic E-state index is 0.182. The van der Waals surface area contributed by atoms with E-state index in [1.165, 1.54) is 36.5 Å². The topological polar surface area (TPSA) is 118 Å². The molecule has 0 amide bonds. The van der Waals surface area contributed by atoms with Gasteiger partial charge in [-0.05, 0) is 40.5 Å². The van der Waals surface area contributed by atoms with E-state index >= 15 is 0 Å². The molecule has 0 aliphatic carbocycles. The lowest BCUT2D eigenvalue weighted by Gasteiger charge is -2.14. The molecule has 0 saturated carbocycles.